The van der Waals surface area contributed by atoms with Crippen molar-refractivity contribution in [3.05, 3.63) is 36.0 Å². The number of carbonyl (C=O) groups is 1. The van der Waals surface area contributed by atoms with Gasteiger partial charge >= 0.3 is 0 Å². The van der Waals surface area contributed by atoms with E-state index in [1.54, 1.807) is 19.1 Å². The van der Waals surface area contributed by atoms with Crippen molar-refractivity contribution in [2.45, 2.75) is 51.7 Å². The Bertz CT molecular complexity index is 779. The Hall–Kier alpha value is -1.63. The fourth-order valence-electron chi connectivity index (χ4n) is 6.20. The Morgan fingerprint density at radius 1 is 1.28 bits per heavy atom. The van der Waals surface area contributed by atoms with Gasteiger partial charge in [0.1, 0.15) is 5.60 Å². The van der Waals surface area contributed by atoms with Gasteiger partial charge in [0, 0.05) is 16.7 Å². The summed E-state index contributed by atoms with van der Waals surface area (Å²) in [6.07, 6.45) is 11.1. The SMILES string of the molecule is CC#C[C@]1(O)CCC2C3C=CC4=CC(=O)C=C[C@]4(C)C3C(O)C[C@@]21C. The number of aliphatic hydroxyl groups excluding tert-OH is 1. The maximum Gasteiger partial charge on any atom is 0.178 e. The molecule has 0 spiro atoms. The van der Waals surface area contributed by atoms with Crippen molar-refractivity contribution in [3.63, 3.8) is 0 Å². The molecule has 2 saturated carbocycles. The molecule has 4 aliphatic rings. The van der Waals surface area contributed by atoms with E-state index in [1.807, 2.05) is 6.08 Å². The van der Waals surface area contributed by atoms with Gasteiger partial charge in [0.2, 0.25) is 0 Å². The van der Waals surface area contributed by atoms with Crippen LogP contribution in [-0.4, -0.2) is 27.7 Å². The summed E-state index contributed by atoms with van der Waals surface area (Å²) in [7, 11) is 0. The number of fused-ring (bicyclic) bond motifs is 5. The van der Waals surface area contributed by atoms with E-state index in [0.29, 0.717) is 12.8 Å². The second-order valence-corrected chi connectivity index (χ2v) is 8.65. The Morgan fingerprint density at radius 2 is 2.04 bits per heavy atom. The van der Waals surface area contributed by atoms with E-state index in [4.69, 9.17) is 0 Å². The van der Waals surface area contributed by atoms with Gasteiger partial charge in [-0.2, -0.15) is 0 Å². The van der Waals surface area contributed by atoms with Crippen LogP contribution in [0.4, 0.5) is 0 Å². The van der Waals surface area contributed by atoms with E-state index in [-0.39, 0.29) is 29.0 Å². The van der Waals surface area contributed by atoms with Crippen LogP contribution in [0.3, 0.4) is 0 Å². The number of ketones is 1. The maximum atomic E-state index is 11.8. The second-order valence-electron chi connectivity index (χ2n) is 8.65. The van der Waals surface area contributed by atoms with Crippen LogP contribution >= 0.6 is 0 Å². The minimum atomic E-state index is -1.03. The normalized spacial score (nSPS) is 50.3. The van der Waals surface area contributed by atoms with Crippen molar-refractivity contribution in [2.75, 3.05) is 0 Å². The molecule has 4 aliphatic carbocycles. The predicted molar refractivity (Wildman–Crippen MR) is 96.3 cm³/mol. The van der Waals surface area contributed by atoms with E-state index < -0.39 is 17.1 Å². The van der Waals surface area contributed by atoms with Gasteiger partial charge < -0.3 is 10.2 Å². The molecule has 3 nitrogen and oxygen atoms in total. The largest absolute Gasteiger partial charge is 0.393 e. The molecule has 0 aromatic carbocycles. The molecule has 0 amide bonds. The second kappa shape index (κ2) is 5.19. The zero-order valence-corrected chi connectivity index (χ0v) is 15.1. The van der Waals surface area contributed by atoms with Crippen molar-refractivity contribution in [1.82, 2.24) is 0 Å². The number of carbonyl (C=O) groups excluding carboxylic acids is 1. The number of allylic oxidation sites excluding steroid dienone is 6. The average molecular weight is 338 g/mol. The lowest BCUT2D eigenvalue weighted by atomic mass is 9.48. The van der Waals surface area contributed by atoms with Crippen LogP contribution in [0.2, 0.25) is 0 Å². The summed E-state index contributed by atoms with van der Waals surface area (Å²) in [5, 5.41) is 22.4. The van der Waals surface area contributed by atoms with Crippen molar-refractivity contribution in [1.29, 1.82) is 0 Å². The van der Waals surface area contributed by atoms with Crippen molar-refractivity contribution < 1.29 is 15.0 Å². The summed E-state index contributed by atoms with van der Waals surface area (Å²) >= 11 is 0. The molecule has 0 radical (unpaired) electrons. The fourth-order valence-corrected chi connectivity index (χ4v) is 6.20. The Kier molecular flexibility index (Phi) is 3.49. The van der Waals surface area contributed by atoms with Crippen LogP contribution in [0.5, 0.6) is 0 Å². The third-order valence-electron chi connectivity index (χ3n) is 7.54. The van der Waals surface area contributed by atoms with E-state index >= 15 is 0 Å². The van der Waals surface area contributed by atoms with Crippen molar-refractivity contribution in [2.24, 2.45) is 28.6 Å². The molecule has 132 valence electrons. The first-order chi connectivity index (χ1) is 11.7. The van der Waals surface area contributed by atoms with Crippen LogP contribution in [0, 0.1) is 40.4 Å². The summed E-state index contributed by atoms with van der Waals surface area (Å²) < 4.78 is 0. The molecule has 0 saturated heterocycles. The minimum absolute atomic E-state index is 0.0131. The third kappa shape index (κ3) is 2.05. The molecular formula is C22H26O3. The molecule has 0 aliphatic heterocycles. The summed E-state index contributed by atoms with van der Waals surface area (Å²) in [5.74, 6) is 6.45. The zero-order valence-electron chi connectivity index (χ0n) is 15.1. The Labute approximate surface area is 149 Å². The molecular weight excluding hydrogens is 312 g/mol. The van der Waals surface area contributed by atoms with E-state index in [2.05, 4.69) is 37.8 Å². The predicted octanol–water partition coefficient (Wildman–Crippen LogP) is 2.80. The molecule has 4 rings (SSSR count). The van der Waals surface area contributed by atoms with Gasteiger partial charge in [0.05, 0.1) is 6.10 Å². The van der Waals surface area contributed by atoms with Gasteiger partial charge in [-0.05, 0) is 55.7 Å². The lowest BCUT2D eigenvalue weighted by molar-refractivity contribution is -0.129. The first-order valence-electron chi connectivity index (χ1n) is 9.23. The number of hydrogen-bond acceptors (Lipinski definition) is 3. The van der Waals surface area contributed by atoms with Crippen LogP contribution in [0.25, 0.3) is 0 Å². The first kappa shape index (κ1) is 16.8. The highest BCUT2D eigenvalue weighted by molar-refractivity contribution is 6.01. The average Bonchev–Trinajstić information content (AvgIpc) is 2.79. The molecule has 0 aromatic heterocycles. The van der Waals surface area contributed by atoms with Gasteiger partial charge in [-0.1, -0.05) is 38.0 Å². The van der Waals surface area contributed by atoms with Gasteiger partial charge in [-0.25, -0.2) is 0 Å². The van der Waals surface area contributed by atoms with Crippen LogP contribution < -0.4 is 0 Å². The van der Waals surface area contributed by atoms with Crippen LogP contribution in [0.15, 0.2) is 36.0 Å². The molecule has 3 heteroatoms. The highest BCUT2D eigenvalue weighted by Gasteiger charge is 2.65. The van der Waals surface area contributed by atoms with E-state index in [0.717, 1.165) is 12.0 Å². The smallest absolute Gasteiger partial charge is 0.178 e. The lowest BCUT2D eigenvalue weighted by Crippen LogP contribution is -2.58. The highest BCUT2D eigenvalue weighted by Crippen LogP contribution is 2.65. The quantitative estimate of drug-likeness (QED) is 0.668. The molecule has 2 fully saturated rings. The monoisotopic (exact) mass is 338 g/mol. The Morgan fingerprint density at radius 3 is 2.76 bits per heavy atom. The van der Waals surface area contributed by atoms with E-state index in [1.165, 1.54) is 0 Å². The third-order valence-corrected chi connectivity index (χ3v) is 7.54. The maximum absolute atomic E-state index is 11.8. The van der Waals surface area contributed by atoms with Gasteiger partial charge in [-0.15, -0.1) is 5.92 Å². The van der Waals surface area contributed by atoms with Crippen molar-refractivity contribution in [3.8, 4) is 11.8 Å². The summed E-state index contributed by atoms with van der Waals surface area (Å²) in [4.78, 5) is 11.8. The fraction of sp³-hybridized carbons (Fsp3) is 0.591. The topological polar surface area (TPSA) is 57.5 Å². The zero-order chi connectivity index (χ0) is 18.0. The molecule has 0 bridgehead atoms. The summed E-state index contributed by atoms with van der Waals surface area (Å²) in [6, 6.07) is 0. The van der Waals surface area contributed by atoms with E-state index in [9.17, 15) is 15.0 Å². The van der Waals surface area contributed by atoms with Crippen molar-refractivity contribution >= 4 is 5.78 Å². The highest BCUT2D eigenvalue weighted by atomic mass is 16.3. The minimum Gasteiger partial charge on any atom is -0.393 e. The standard InChI is InChI=1S/C22H26O3/c1-4-9-22(25)11-8-17-16-6-5-14-12-15(23)7-10-20(14,2)19(16)18(24)13-21(17,22)3/h5-7,10,12,16-19,24-25H,8,11,13H2,1-3H3/t16?,17?,18?,19?,20-,21-,22-/m0/s1. The van der Waals surface area contributed by atoms with Gasteiger partial charge in [0.25, 0.3) is 0 Å². The number of aliphatic hydroxyl groups is 2. The van der Waals surface area contributed by atoms with Gasteiger partial charge in [-0.3, -0.25) is 4.79 Å². The Balaban J connectivity index is 1.81. The molecule has 2 N–H and O–H groups in total. The molecule has 7 atom stereocenters. The number of hydrogen-bond donors (Lipinski definition) is 2. The first-order valence-corrected chi connectivity index (χ1v) is 9.23. The van der Waals surface area contributed by atoms with Crippen LogP contribution in [-0.2, 0) is 4.79 Å². The molecule has 25 heavy (non-hydrogen) atoms. The molecule has 4 unspecified atom stereocenters. The lowest BCUT2D eigenvalue weighted by Gasteiger charge is -2.57. The summed E-state index contributed by atoms with van der Waals surface area (Å²) in [5.41, 5.74) is -0.773. The van der Waals surface area contributed by atoms with Crippen LogP contribution in [0.1, 0.15) is 40.0 Å². The molecule has 0 aromatic rings. The molecule has 0 heterocycles. The number of rotatable bonds is 0. The summed E-state index contributed by atoms with van der Waals surface area (Å²) in [6.45, 7) is 5.98. The van der Waals surface area contributed by atoms with Gasteiger partial charge in [0.15, 0.2) is 5.78 Å².